The van der Waals surface area contributed by atoms with Crippen molar-refractivity contribution in [1.82, 2.24) is 0 Å². The Morgan fingerprint density at radius 1 is 1.06 bits per heavy atom. The molecule has 0 N–H and O–H groups in total. The first-order valence-corrected chi connectivity index (χ1v) is 9.48. The maximum absolute atomic E-state index is 5.91. The third-order valence-electron chi connectivity index (χ3n) is 3.94. The van der Waals surface area contributed by atoms with E-state index in [1.165, 1.54) is 31.7 Å². The fourth-order valence-electron chi connectivity index (χ4n) is 2.83. The predicted octanol–water partition coefficient (Wildman–Crippen LogP) is 3.02. The van der Waals surface area contributed by atoms with Gasteiger partial charge >= 0.3 is 9.28 Å². The van der Waals surface area contributed by atoms with Crippen LogP contribution in [0.4, 0.5) is 0 Å². The van der Waals surface area contributed by atoms with Gasteiger partial charge in [-0.1, -0.05) is 13.8 Å². The van der Waals surface area contributed by atoms with Crippen molar-refractivity contribution in [3.8, 4) is 0 Å². The van der Waals surface area contributed by atoms with Gasteiger partial charge in [0.1, 0.15) is 0 Å². The standard InChI is InChI=1S/C14H28O3Si/c1-3-8-15-18(16-9-4-2)10-7-12-5-6-13-14(11-12)17-13/h12-14,18H,3-11H2,1-2H3. The zero-order chi connectivity index (χ0) is 12.8. The Kier molecular flexibility index (Phi) is 6.15. The number of ether oxygens (including phenoxy) is 1. The third kappa shape index (κ3) is 4.65. The van der Waals surface area contributed by atoms with Crippen molar-refractivity contribution in [2.75, 3.05) is 13.2 Å². The molecule has 1 saturated heterocycles. The highest BCUT2D eigenvalue weighted by atomic mass is 28.3. The molecule has 0 amide bonds. The van der Waals surface area contributed by atoms with E-state index in [2.05, 4.69) is 13.8 Å². The molecular weight excluding hydrogens is 244 g/mol. The van der Waals surface area contributed by atoms with Gasteiger partial charge in [-0.25, -0.2) is 0 Å². The first-order chi connectivity index (χ1) is 8.83. The average molecular weight is 272 g/mol. The Balaban J connectivity index is 1.63. The van der Waals surface area contributed by atoms with Crippen LogP contribution in [0.25, 0.3) is 0 Å². The van der Waals surface area contributed by atoms with E-state index in [-0.39, 0.29) is 0 Å². The molecule has 3 unspecified atom stereocenters. The van der Waals surface area contributed by atoms with E-state index in [9.17, 15) is 0 Å². The molecule has 18 heavy (non-hydrogen) atoms. The van der Waals surface area contributed by atoms with Gasteiger partial charge in [0, 0.05) is 13.2 Å². The molecule has 3 atom stereocenters. The van der Waals surface area contributed by atoms with Crippen LogP contribution in [0.1, 0.15) is 52.4 Å². The van der Waals surface area contributed by atoms with Crippen LogP contribution in [-0.4, -0.2) is 34.7 Å². The second-order valence-electron chi connectivity index (χ2n) is 5.64. The lowest BCUT2D eigenvalue weighted by molar-refractivity contribution is 0.193. The Hall–Kier alpha value is 0.0969. The minimum absolute atomic E-state index is 0.608. The van der Waals surface area contributed by atoms with E-state index < -0.39 is 9.28 Å². The number of fused-ring (bicyclic) bond motifs is 1. The van der Waals surface area contributed by atoms with Gasteiger partial charge in [0.05, 0.1) is 12.2 Å². The normalized spacial score (nSPS) is 30.5. The average Bonchev–Trinajstić information content (AvgIpc) is 3.16. The summed E-state index contributed by atoms with van der Waals surface area (Å²) in [6.45, 7) is 6.08. The van der Waals surface area contributed by atoms with Crippen molar-refractivity contribution < 1.29 is 13.6 Å². The highest BCUT2D eigenvalue weighted by Gasteiger charge is 2.43. The van der Waals surface area contributed by atoms with E-state index in [0.717, 1.165) is 32.0 Å². The van der Waals surface area contributed by atoms with Gasteiger partial charge in [-0.15, -0.1) is 0 Å². The van der Waals surface area contributed by atoms with Crippen molar-refractivity contribution in [2.24, 2.45) is 5.92 Å². The lowest BCUT2D eigenvalue weighted by Crippen LogP contribution is -2.25. The van der Waals surface area contributed by atoms with E-state index in [1.54, 1.807) is 0 Å². The minimum Gasteiger partial charge on any atom is -0.397 e. The summed E-state index contributed by atoms with van der Waals surface area (Å²) >= 11 is 0. The number of rotatable bonds is 9. The molecule has 1 aliphatic heterocycles. The Labute approximate surface area is 113 Å². The molecule has 0 aromatic rings. The van der Waals surface area contributed by atoms with Crippen molar-refractivity contribution in [3.05, 3.63) is 0 Å². The van der Waals surface area contributed by atoms with Crippen molar-refractivity contribution in [1.29, 1.82) is 0 Å². The predicted molar refractivity (Wildman–Crippen MR) is 75.1 cm³/mol. The number of epoxide rings is 1. The van der Waals surface area contributed by atoms with Crippen molar-refractivity contribution in [3.63, 3.8) is 0 Å². The molecule has 0 bridgehead atoms. The third-order valence-corrected chi connectivity index (χ3v) is 5.96. The largest absolute Gasteiger partial charge is 0.397 e. The quantitative estimate of drug-likeness (QED) is 0.477. The van der Waals surface area contributed by atoms with Gasteiger partial charge in [0.15, 0.2) is 0 Å². The molecular formula is C14H28O3Si. The number of hydrogen-bond acceptors (Lipinski definition) is 3. The molecule has 1 heterocycles. The lowest BCUT2D eigenvalue weighted by atomic mass is 9.88. The van der Waals surface area contributed by atoms with Crippen LogP contribution in [0.15, 0.2) is 0 Å². The Morgan fingerprint density at radius 2 is 1.78 bits per heavy atom. The zero-order valence-electron chi connectivity index (χ0n) is 11.9. The van der Waals surface area contributed by atoms with E-state index in [4.69, 9.17) is 13.6 Å². The van der Waals surface area contributed by atoms with Gasteiger partial charge in [-0.3, -0.25) is 0 Å². The summed E-state index contributed by atoms with van der Waals surface area (Å²) in [6, 6.07) is 1.18. The summed E-state index contributed by atoms with van der Waals surface area (Å²) in [5, 5.41) is 0. The van der Waals surface area contributed by atoms with E-state index >= 15 is 0 Å². The minimum atomic E-state index is -1.39. The molecule has 0 aromatic carbocycles. The summed E-state index contributed by atoms with van der Waals surface area (Å²) in [5.41, 5.74) is 0. The SMILES string of the molecule is CCCO[SiH](CCC1CCC2OC2C1)OCCC. The number of hydrogen-bond donors (Lipinski definition) is 0. The molecule has 3 nitrogen and oxygen atoms in total. The summed E-state index contributed by atoms with van der Waals surface area (Å²) in [7, 11) is -1.39. The topological polar surface area (TPSA) is 31.0 Å². The van der Waals surface area contributed by atoms with Crippen LogP contribution in [0, 0.1) is 5.92 Å². The summed E-state index contributed by atoms with van der Waals surface area (Å²) in [4.78, 5) is 0. The van der Waals surface area contributed by atoms with Crippen LogP contribution in [0.3, 0.4) is 0 Å². The summed E-state index contributed by atoms with van der Waals surface area (Å²) in [6.07, 6.45) is 8.64. The second-order valence-corrected chi connectivity index (χ2v) is 7.74. The van der Waals surface area contributed by atoms with Crippen LogP contribution in [0.5, 0.6) is 0 Å². The van der Waals surface area contributed by atoms with Crippen molar-refractivity contribution in [2.45, 2.75) is 70.6 Å². The van der Waals surface area contributed by atoms with Gasteiger partial charge in [0.2, 0.25) is 0 Å². The molecule has 1 saturated carbocycles. The molecule has 0 aromatic heterocycles. The zero-order valence-corrected chi connectivity index (χ0v) is 13.1. The first-order valence-electron chi connectivity index (χ1n) is 7.72. The van der Waals surface area contributed by atoms with Gasteiger partial charge < -0.3 is 13.6 Å². The Morgan fingerprint density at radius 3 is 2.39 bits per heavy atom. The van der Waals surface area contributed by atoms with Gasteiger partial charge in [-0.2, -0.15) is 0 Å². The summed E-state index contributed by atoms with van der Waals surface area (Å²) < 4.78 is 17.4. The van der Waals surface area contributed by atoms with Crippen LogP contribution in [-0.2, 0) is 13.6 Å². The van der Waals surface area contributed by atoms with Gasteiger partial charge in [-0.05, 0) is 50.5 Å². The van der Waals surface area contributed by atoms with Crippen LogP contribution >= 0.6 is 0 Å². The maximum atomic E-state index is 5.91. The lowest BCUT2D eigenvalue weighted by Gasteiger charge is -2.21. The fourth-order valence-corrected chi connectivity index (χ4v) is 5.00. The van der Waals surface area contributed by atoms with Crippen molar-refractivity contribution >= 4 is 9.28 Å². The molecule has 4 heteroatoms. The molecule has 106 valence electrons. The smallest absolute Gasteiger partial charge is 0.321 e. The van der Waals surface area contributed by atoms with Crippen LogP contribution in [0.2, 0.25) is 6.04 Å². The molecule has 0 spiro atoms. The van der Waals surface area contributed by atoms with E-state index in [1.807, 2.05) is 0 Å². The molecule has 1 aliphatic carbocycles. The highest BCUT2D eigenvalue weighted by Crippen LogP contribution is 2.41. The molecule has 2 aliphatic rings. The summed E-state index contributed by atoms with van der Waals surface area (Å²) in [5.74, 6) is 0.860. The molecule has 0 radical (unpaired) electrons. The first kappa shape index (κ1) is 14.5. The fraction of sp³-hybridized carbons (Fsp3) is 1.00. The second kappa shape index (κ2) is 7.63. The highest BCUT2D eigenvalue weighted by molar-refractivity contribution is 6.44. The Bertz CT molecular complexity index is 229. The van der Waals surface area contributed by atoms with Gasteiger partial charge in [0.25, 0.3) is 0 Å². The maximum Gasteiger partial charge on any atom is 0.321 e. The molecule has 2 rings (SSSR count). The van der Waals surface area contributed by atoms with Crippen LogP contribution < -0.4 is 0 Å². The van der Waals surface area contributed by atoms with E-state index in [0.29, 0.717) is 12.2 Å². The monoisotopic (exact) mass is 272 g/mol. The molecule has 2 fully saturated rings.